The second-order valence-electron chi connectivity index (χ2n) is 8.64. The highest BCUT2D eigenvalue weighted by Crippen LogP contribution is 2.61. The third kappa shape index (κ3) is 1.83. The molecule has 3 aliphatic rings. The van der Waals surface area contributed by atoms with Gasteiger partial charge in [0.25, 0.3) is 0 Å². The lowest BCUT2D eigenvalue weighted by Gasteiger charge is -2.53. The van der Waals surface area contributed by atoms with Gasteiger partial charge in [0.15, 0.2) is 17.3 Å². The number of carbonyl (C=O) groups excluding carboxylic acids is 3. The third-order valence-corrected chi connectivity index (χ3v) is 6.44. The Morgan fingerprint density at radius 2 is 1.64 bits per heavy atom. The van der Waals surface area contributed by atoms with Crippen LogP contribution in [0, 0.1) is 28.6 Å². The predicted molar refractivity (Wildman–Crippen MR) is 84.2 cm³/mol. The van der Waals surface area contributed by atoms with E-state index in [2.05, 4.69) is 20.8 Å². The number of Topliss-reactive ketones (excluding diaryl/α,β-unsaturated/α-hetero) is 3. The van der Waals surface area contributed by atoms with E-state index in [1.807, 2.05) is 13.8 Å². The first-order valence-electron chi connectivity index (χ1n) is 8.47. The number of allylic oxidation sites excluding steroid dienone is 2. The standard InChI is InChI=1S/C19H26O3/c1-10(2)13-16(21)14-11(20)9-12-18(3,4)7-6-8-19(12,5)15(14)17(13)22/h10,12-13H,6-9H2,1-5H3/t12-,13-,19-/m0/s1. The van der Waals surface area contributed by atoms with Crippen molar-refractivity contribution in [2.24, 2.45) is 28.6 Å². The summed E-state index contributed by atoms with van der Waals surface area (Å²) in [5.41, 5.74) is 0.590. The Hall–Kier alpha value is -1.25. The Labute approximate surface area is 132 Å². The summed E-state index contributed by atoms with van der Waals surface area (Å²) < 4.78 is 0. The lowest BCUT2D eigenvalue weighted by molar-refractivity contribution is -0.128. The van der Waals surface area contributed by atoms with Crippen LogP contribution in [-0.2, 0) is 14.4 Å². The molecule has 0 heterocycles. The Balaban J connectivity index is 2.17. The molecular weight excluding hydrogens is 276 g/mol. The summed E-state index contributed by atoms with van der Waals surface area (Å²) in [6.07, 6.45) is 3.47. The van der Waals surface area contributed by atoms with Crippen LogP contribution in [-0.4, -0.2) is 17.3 Å². The Morgan fingerprint density at radius 1 is 1.00 bits per heavy atom. The van der Waals surface area contributed by atoms with E-state index >= 15 is 0 Å². The molecule has 0 unspecified atom stereocenters. The number of fused-ring (bicyclic) bond motifs is 2. The maximum absolute atomic E-state index is 13.0. The van der Waals surface area contributed by atoms with Gasteiger partial charge in [-0.2, -0.15) is 0 Å². The number of hydrogen-bond donors (Lipinski definition) is 0. The summed E-state index contributed by atoms with van der Waals surface area (Å²) in [6, 6.07) is 0. The van der Waals surface area contributed by atoms with Crippen molar-refractivity contribution in [1.29, 1.82) is 0 Å². The van der Waals surface area contributed by atoms with E-state index in [1.165, 1.54) is 0 Å². The molecule has 0 spiro atoms. The van der Waals surface area contributed by atoms with E-state index in [1.54, 1.807) is 0 Å². The van der Waals surface area contributed by atoms with Gasteiger partial charge in [-0.1, -0.05) is 41.0 Å². The minimum absolute atomic E-state index is 0.0421. The van der Waals surface area contributed by atoms with E-state index in [0.29, 0.717) is 12.0 Å². The monoisotopic (exact) mass is 302 g/mol. The van der Waals surface area contributed by atoms with Crippen LogP contribution >= 0.6 is 0 Å². The predicted octanol–water partition coefficient (Wildman–Crippen LogP) is 3.51. The zero-order valence-corrected chi connectivity index (χ0v) is 14.3. The van der Waals surface area contributed by atoms with Gasteiger partial charge in [0.1, 0.15) is 0 Å². The van der Waals surface area contributed by atoms with Crippen LogP contribution < -0.4 is 0 Å². The SMILES string of the molecule is CC(C)[C@H]1C(=O)C2=C(C1=O)[C@@]1(C)CCCC(C)(C)[C@@H]1CC2=O. The first kappa shape index (κ1) is 15.6. The van der Waals surface area contributed by atoms with E-state index < -0.39 is 5.92 Å². The van der Waals surface area contributed by atoms with Crippen molar-refractivity contribution < 1.29 is 14.4 Å². The smallest absolute Gasteiger partial charge is 0.177 e. The number of carbonyl (C=O) groups is 3. The van der Waals surface area contributed by atoms with Gasteiger partial charge in [-0.05, 0) is 30.1 Å². The molecule has 0 amide bonds. The second kappa shape index (κ2) is 4.62. The zero-order chi connectivity index (χ0) is 16.4. The van der Waals surface area contributed by atoms with Crippen LogP contribution in [0.2, 0.25) is 0 Å². The van der Waals surface area contributed by atoms with Gasteiger partial charge in [-0.25, -0.2) is 0 Å². The molecular formula is C19H26O3. The Kier molecular flexibility index (Phi) is 3.29. The first-order valence-corrected chi connectivity index (χ1v) is 8.47. The summed E-state index contributed by atoms with van der Waals surface area (Å²) in [7, 11) is 0. The van der Waals surface area contributed by atoms with Crippen molar-refractivity contribution in [2.45, 2.75) is 60.3 Å². The summed E-state index contributed by atoms with van der Waals surface area (Å²) >= 11 is 0. The summed E-state index contributed by atoms with van der Waals surface area (Å²) in [4.78, 5) is 38.3. The molecule has 0 radical (unpaired) electrons. The van der Waals surface area contributed by atoms with Crippen molar-refractivity contribution in [3.63, 3.8) is 0 Å². The van der Waals surface area contributed by atoms with E-state index in [4.69, 9.17) is 0 Å². The largest absolute Gasteiger partial charge is 0.294 e. The minimum atomic E-state index is -0.630. The molecule has 0 aromatic heterocycles. The van der Waals surface area contributed by atoms with Gasteiger partial charge in [0.05, 0.1) is 11.5 Å². The summed E-state index contributed by atoms with van der Waals surface area (Å²) in [5, 5.41) is 0. The van der Waals surface area contributed by atoms with E-state index in [-0.39, 0.29) is 45.6 Å². The van der Waals surface area contributed by atoms with Gasteiger partial charge in [-0.3, -0.25) is 14.4 Å². The van der Waals surface area contributed by atoms with Crippen LogP contribution in [0.3, 0.4) is 0 Å². The third-order valence-electron chi connectivity index (χ3n) is 6.44. The fourth-order valence-corrected chi connectivity index (χ4v) is 5.34. The van der Waals surface area contributed by atoms with Crippen molar-refractivity contribution in [1.82, 2.24) is 0 Å². The van der Waals surface area contributed by atoms with E-state index in [0.717, 1.165) is 19.3 Å². The van der Waals surface area contributed by atoms with Crippen molar-refractivity contribution in [3.8, 4) is 0 Å². The average Bonchev–Trinajstić information content (AvgIpc) is 2.65. The second-order valence-corrected chi connectivity index (χ2v) is 8.64. The van der Waals surface area contributed by atoms with Gasteiger partial charge in [-0.15, -0.1) is 0 Å². The Bertz CT molecular complexity index is 608. The van der Waals surface area contributed by atoms with Crippen LogP contribution in [0.15, 0.2) is 11.1 Å². The number of ketones is 3. The average molecular weight is 302 g/mol. The van der Waals surface area contributed by atoms with E-state index in [9.17, 15) is 14.4 Å². The molecule has 3 atom stereocenters. The molecule has 3 heteroatoms. The van der Waals surface area contributed by atoms with Gasteiger partial charge in [0.2, 0.25) is 0 Å². The Morgan fingerprint density at radius 3 is 2.23 bits per heavy atom. The molecule has 3 aliphatic carbocycles. The fourth-order valence-electron chi connectivity index (χ4n) is 5.34. The van der Waals surface area contributed by atoms with Crippen molar-refractivity contribution >= 4 is 17.3 Å². The number of rotatable bonds is 1. The lowest BCUT2D eigenvalue weighted by atomic mass is 9.50. The highest BCUT2D eigenvalue weighted by atomic mass is 16.2. The molecule has 0 aliphatic heterocycles. The molecule has 3 rings (SSSR count). The zero-order valence-electron chi connectivity index (χ0n) is 14.3. The van der Waals surface area contributed by atoms with Gasteiger partial charge >= 0.3 is 0 Å². The molecule has 0 N–H and O–H groups in total. The maximum Gasteiger partial charge on any atom is 0.177 e. The van der Waals surface area contributed by atoms with Gasteiger partial charge in [0, 0.05) is 17.4 Å². The highest BCUT2D eigenvalue weighted by Gasteiger charge is 2.60. The number of hydrogen-bond acceptors (Lipinski definition) is 3. The van der Waals surface area contributed by atoms with Crippen LogP contribution in [0.25, 0.3) is 0 Å². The normalized spacial score (nSPS) is 37.6. The van der Waals surface area contributed by atoms with Gasteiger partial charge < -0.3 is 0 Å². The van der Waals surface area contributed by atoms with Crippen LogP contribution in [0.5, 0.6) is 0 Å². The molecule has 1 fully saturated rings. The molecule has 0 aromatic carbocycles. The molecule has 22 heavy (non-hydrogen) atoms. The molecule has 120 valence electrons. The van der Waals surface area contributed by atoms with Crippen molar-refractivity contribution in [3.05, 3.63) is 11.1 Å². The fraction of sp³-hybridized carbons (Fsp3) is 0.737. The molecule has 1 saturated carbocycles. The molecule has 0 saturated heterocycles. The minimum Gasteiger partial charge on any atom is -0.294 e. The lowest BCUT2D eigenvalue weighted by Crippen LogP contribution is -2.48. The highest BCUT2D eigenvalue weighted by molar-refractivity contribution is 6.36. The summed E-state index contributed by atoms with van der Waals surface area (Å²) in [5.74, 6) is -0.862. The van der Waals surface area contributed by atoms with Crippen LogP contribution in [0.4, 0.5) is 0 Å². The molecule has 0 bridgehead atoms. The molecule has 0 aromatic rings. The topological polar surface area (TPSA) is 51.2 Å². The quantitative estimate of drug-likeness (QED) is 0.550. The summed E-state index contributed by atoms with van der Waals surface area (Å²) in [6.45, 7) is 10.3. The van der Waals surface area contributed by atoms with Crippen LogP contribution in [0.1, 0.15) is 60.3 Å². The molecule has 3 nitrogen and oxygen atoms in total. The van der Waals surface area contributed by atoms with Crippen molar-refractivity contribution in [2.75, 3.05) is 0 Å². The first-order chi connectivity index (χ1) is 10.1. The maximum atomic E-state index is 13.0.